The van der Waals surface area contributed by atoms with Crippen molar-refractivity contribution in [3.05, 3.63) is 77.0 Å². The van der Waals surface area contributed by atoms with Crippen molar-refractivity contribution in [1.29, 1.82) is 0 Å². The third kappa shape index (κ3) is 6.76. The van der Waals surface area contributed by atoms with E-state index in [1.807, 2.05) is 19.1 Å². The molecule has 0 radical (unpaired) electrons. The summed E-state index contributed by atoms with van der Waals surface area (Å²) in [6, 6.07) is 12.6. The molecule has 1 saturated carbocycles. The van der Waals surface area contributed by atoms with E-state index in [-0.39, 0.29) is 23.5 Å². The van der Waals surface area contributed by atoms with Gasteiger partial charge in [-0.25, -0.2) is 4.52 Å². The maximum atomic E-state index is 13.8. The Labute approximate surface area is 253 Å². The summed E-state index contributed by atoms with van der Waals surface area (Å²) in [7, 11) is 0. The summed E-state index contributed by atoms with van der Waals surface area (Å²) in [5, 5.41) is 9.75. The fourth-order valence-corrected chi connectivity index (χ4v) is 5.48. The highest BCUT2D eigenvalue weighted by atomic mass is 19.4. The number of hydrogen-bond donors (Lipinski definition) is 2. The average Bonchev–Trinajstić information content (AvgIpc) is 3.77. The number of piperazine rings is 1. The number of nitrogens with zero attached hydrogens (tertiary/aromatic N) is 5. The van der Waals surface area contributed by atoms with Crippen LogP contribution in [0.2, 0.25) is 0 Å². The molecule has 44 heavy (non-hydrogen) atoms. The summed E-state index contributed by atoms with van der Waals surface area (Å²) in [6.07, 6.45) is -1.08. The van der Waals surface area contributed by atoms with Crippen molar-refractivity contribution < 1.29 is 22.8 Å². The second-order valence-corrected chi connectivity index (χ2v) is 11.5. The number of fused-ring (bicyclic) bond motifs is 1. The van der Waals surface area contributed by atoms with E-state index >= 15 is 0 Å². The minimum absolute atomic E-state index is 0.0259. The van der Waals surface area contributed by atoms with Crippen LogP contribution >= 0.6 is 0 Å². The molecule has 0 unspecified atom stereocenters. The number of amides is 2. The zero-order chi connectivity index (χ0) is 31.0. The molecular weight excluding hydrogens is 571 g/mol. The molecule has 9 nitrogen and oxygen atoms in total. The van der Waals surface area contributed by atoms with Gasteiger partial charge in [-0.15, -0.1) is 5.10 Å². The largest absolute Gasteiger partial charge is 0.416 e. The lowest BCUT2D eigenvalue weighted by Gasteiger charge is -2.34. The number of benzene rings is 2. The minimum Gasteiger partial charge on any atom is -0.322 e. The third-order valence-corrected chi connectivity index (χ3v) is 8.23. The molecule has 2 aliphatic rings. The van der Waals surface area contributed by atoms with Crippen LogP contribution in [-0.4, -0.2) is 68.9 Å². The van der Waals surface area contributed by atoms with Gasteiger partial charge in [0.25, 0.3) is 5.91 Å². The van der Waals surface area contributed by atoms with Crippen LogP contribution in [0, 0.1) is 12.8 Å². The van der Waals surface area contributed by atoms with E-state index in [4.69, 9.17) is 0 Å². The molecule has 6 rings (SSSR count). The van der Waals surface area contributed by atoms with Crippen LogP contribution in [0.1, 0.15) is 46.8 Å². The number of nitrogens with one attached hydrogen (secondary N) is 2. The first-order chi connectivity index (χ1) is 21.1. The van der Waals surface area contributed by atoms with Crippen molar-refractivity contribution in [3.8, 4) is 11.1 Å². The monoisotopic (exact) mass is 605 g/mol. The number of anilines is 2. The zero-order valence-electron chi connectivity index (χ0n) is 24.6. The number of rotatable bonds is 8. The number of pyridine rings is 1. The minimum atomic E-state index is -4.55. The molecule has 0 spiro atoms. The molecule has 2 aromatic heterocycles. The van der Waals surface area contributed by atoms with Gasteiger partial charge in [0.05, 0.1) is 5.56 Å². The Morgan fingerprint density at radius 1 is 0.955 bits per heavy atom. The van der Waals surface area contributed by atoms with Gasteiger partial charge in [-0.3, -0.25) is 19.8 Å². The van der Waals surface area contributed by atoms with Gasteiger partial charge in [0.2, 0.25) is 11.9 Å². The quantitative estimate of drug-likeness (QED) is 0.277. The highest BCUT2D eigenvalue weighted by Crippen LogP contribution is 2.33. The van der Waals surface area contributed by atoms with E-state index in [2.05, 4.69) is 37.4 Å². The lowest BCUT2D eigenvalue weighted by atomic mass is 9.98. The van der Waals surface area contributed by atoms with E-state index in [1.54, 1.807) is 35.0 Å². The number of alkyl halides is 3. The Bertz CT molecular complexity index is 1710. The van der Waals surface area contributed by atoms with Crippen molar-refractivity contribution in [1.82, 2.24) is 24.4 Å². The maximum absolute atomic E-state index is 13.8. The van der Waals surface area contributed by atoms with Crippen LogP contribution in [0.3, 0.4) is 0 Å². The molecule has 1 aliphatic heterocycles. The average molecular weight is 606 g/mol. The molecule has 0 atom stereocenters. The molecule has 230 valence electrons. The lowest BCUT2D eigenvalue weighted by Crippen LogP contribution is -2.45. The molecule has 12 heteroatoms. The standard InChI is InChI=1S/C32H34F3N7O2/c1-3-40-10-12-41(13-11-40)19-21-14-25(32(33,34)35)18-26(15-21)36-30(44)24-5-4-20(2)27(16-24)23-8-9-42-28(17-23)37-31(39-42)38-29(43)22-6-7-22/h4-5,8-9,14-18,22H,3,6-7,10-13,19H2,1-2H3,(H,36,44)(H,38,39,43). The first kappa shape index (κ1) is 29.8. The van der Waals surface area contributed by atoms with Crippen LogP contribution < -0.4 is 10.6 Å². The molecule has 1 saturated heterocycles. The second-order valence-electron chi connectivity index (χ2n) is 11.5. The van der Waals surface area contributed by atoms with E-state index < -0.39 is 17.6 Å². The predicted molar refractivity (Wildman–Crippen MR) is 161 cm³/mol. The smallest absolute Gasteiger partial charge is 0.322 e. The fourth-order valence-electron chi connectivity index (χ4n) is 5.48. The summed E-state index contributed by atoms with van der Waals surface area (Å²) in [6.45, 7) is 8.61. The van der Waals surface area contributed by atoms with Crippen LogP contribution in [0.25, 0.3) is 16.8 Å². The molecule has 2 aromatic carbocycles. The Kier molecular flexibility index (Phi) is 8.12. The summed E-state index contributed by atoms with van der Waals surface area (Å²) in [4.78, 5) is 34.3. The van der Waals surface area contributed by atoms with Gasteiger partial charge < -0.3 is 10.2 Å². The number of halogens is 3. The normalized spacial score (nSPS) is 16.3. The molecule has 1 aliphatic carbocycles. The van der Waals surface area contributed by atoms with Gasteiger partial charge in [0, 0.05) is 56.1 Å². The highest BCUT2D eigenvalue weighted by molar-refractivity contribution is 6.05. The van der Waals surface area contributed by atoms with E-state index in [0.29, 0.717) is 23.3 Å². The first-order valence-corrected chi connectivity index (χ1v) is 14.8. The SMILES string of the molecule is CCN1CCN(Cc2cc(NC(=O)c3ccc(C)c(-c4ccn5nc(NC(=O)C6CC6)nc5c4)c3)cc(C(F)(F)F)c2)CC1. The number of carbonyl (C=O) groups is 2. The number of aryl methyl sites for hydroxylation is 1. The first-order valence-electron chi connectivity index (χ1n) is 14.8. The Morgan fingerprint density at radius 3 is 2.41 bits per heavy atom. The summed E-state index contributed by atoms with van der Waals surface area (Å²) in [5.41, 5.74) is 3.08. The predicted octanol–water partition coefficient (Wildman–Crippen LogP) is 5.46. The summed E-state index contributed by atoms with van der Waals surface area (Å²) >= 11 is 0. The molecule has 2 amide bonds. The number of hydrogen-bond acceptors (Lipinski definition) is 6. The van der Waals surface area contributed by atoms with Crippen LogP contribution in [0.5, 0.6) is 0 Å². The molecule has 3 heterocycles. The molecular formula is C32H34F3N7O2. The Morgan fingerprint density at radius 2 is 1.70 bits per heavy atom. The van der Waals surface area contributed by atoms with Gasteiger partial charge in [0.15, 0.2) is 5.65 Å². The molecule has 2 N–H and O–H groups in total. The highest BCUT2D eigenvalue weighted by Gasteiger charge is 2.32. The van der Waals surface area contributed by atoms with Crippen LogP contribution in [0.4, 0.5) is 24.8 Å². The maximum Gasteiger partial charge on any atom is 0.416 e. The molecule has 2 fully saturated rings. The van der Waals surface area contributed by atoms with Gasteiger partial charge in [-0.1, -0.05) is 13.0 Å². The van der Waals surface area contributed by atoms with Gasteiger partial charge in [0.1, 0.15) is 0 Å². The second kappa shape index (κ2) is 12.0. The van der Waals surface area contributed by atoms with Crippen LogP contribution in [-0.2, 0) is 17.5 Å². The Balaban J connectivity index is 1.22. The topological polar surface area (TPSA) is 94.9 Å². The third-order valence-electron chi connectivity index (χ3n) is 8.23. The van der Waals surface area contributed by atoms with Crippen molar-refractivity contribution in [2.24, 2.45) is 5.92 Å². The number of carbonyl (C=O) groups excluding carboxylic acids is 2. The zero-order valence-corrected chi connectivity index (χ0v) is 24.6. The Hall–Kier alpha value is -4.29. The summed E-state index contributed by atoms with van der Waals surface area (Å²) in [5.74, 6) is -0.342. The lowest BCUT2D eigenvalue weighted by molar-refractivity contribution is -0.137. The van der Waals surface area contributed by atoms with Crippen molar-refractivity contribution >= 4 is 29.1 Å². The molecule has 4 aromatic rings. The van der Waals surface area contributed by atoms with Crippen molar-refractivity contribution in [3.63, 3.8) is 0 Å². The van der Waals surface area contributed by atoms with Crippen molar-refractivity contribution in [2.45, 2.75) is 39.4 Å². The van der Waals surface area contributed by atoms with E-state index in [1.165, 1.54) is 0 Å². The van der Waals surface area contributed by atoms with E-state index in [9.17, 15) is 22.8 Å². The number of likely N-dealkylation sites (N-methyl/N-ethyl adjacent to an activating group) is 1. The van der Waals surface area contributed by atoms with Gasteiger partial charge in [-0.05, 0) is 91.0 Å². The van der Waals surface area contributed by atoms with E-state index in [0.717, 1.165) is 74.4 Å². The van der Waals surface area contributed by atoms with Crippen molar-refractivity contribution in [2.75, 3.05) is 43.4 Å². The molecule has 0 bridgehead atoms. The van der Waals surface area contributed by atoms with Gasteiger partial charge >= 0.3 is 6.18 Å². The number of aromatic nitrogens is 3. The summed E-state index contributed by atoms with van der Waals surface area (Å²) < 4.78 is 43.0. The fraction of sp³-hybridized carbons (Fsp3) is 0.375. The van der Waals surface area contributed by atoms with Crippen LogP contribution in [0.15, 0.2) is 54.7 Å². The van der Waals surface area contributed by atoms with Gasteiger partial charge in [-0.2, -0.15) is 18.2 Å².